The monoisotopic (exact) mass is 438 g/mol. The Hall–Kier alpha value is -3.56. The summed E-state index contributed by atoms with van der Waals surface area (Å²) in [6, 6.07) is 5.79. The Bertz CT molecular complexity index is 1070. The normalized spacial score (nSPS) is 18.3. The lowest BCUT2D eigenvalue weighted by Crippen LogP contribution is -2.29. The van der Waals surface area contributed by atoms with E-state index >= 15 is 0 Å². The highest BCUT2D eigenvalue weighted by Gasteiger charge is 2.28. The zero-order valence-electron chi connectivity index (χ0n) is 18.1. The Morgan fingerprint density at radius 1 is 1.25 bits per heavy atom. The van der Waals surface area contributed by atoms with Gasteiger partial charge in [-0.3, -0.25) is 9.78 Å². The van der Waals surface area contributed by atoms with Crippen molar-refractivity contribution in [1.82, 2.24) is 29.9 Å². The molecule has 168 valence electrons. The van der Waals surface area contributed by atoms with Crippen molar-refractivity contribution in [2.75, 3.05) is 0 Å². The van der Waals surface area contributed by atoms with Crippen LogP contribution in [0, 0.1) is 5.92 Å². The molecule has 1 fully saturated rings. The summed E-state index contributed by atoms with van der Waals surface area (Å²) in [5.41, 5.74) is 2.89. The van der Waals surface area contributed by atoms with E-state index in [2.05, 4.69) is 25.3 Å². The third kappa shape index (κ3) is 5.01. The molecule has 2 atom stereocenters. The zero-order chi connectivity index (χ0) is 22.5. The molecule has 1 N–H and O–H groups in total. The molecule has 1 aliphatic rings. The number of nitrogens with zero attached hydrogens (tertiary/aromatic N) is 6. The molecule has 10 nitrogen and oxygen atoms in total. The van der Waals surface area contributed by atoms with Crippen molar-refractivity contribution in [3.8, 4) is 23.1 Å². The number of carboxylic acid groups (broad SMARTS) is 1. The van der Waals surface area contributed by atoms with Crippen LogP contribution in [0.15, 0.2) is 30.6 Å². The molecule has 32 heavy (non-hydrogen) atoms. The van der Waals surface area contributed by atoms with Gasteiger partial charge in [0.05, 0.1) is 23.9 Å². The number of rotatable bonds is 8. The van der Waals surface area contributed by atoms with Gasteiger partial charge in [-0.05, 0) is 50.3 Å². The second kappa shape index (κ2) is 9.71. The fraction of sp³-hybridized carbons (Fsp3) is 0.455. The quantitative estimate of drug-likeness (QED) is 0.565. The third-order valence-electron chi connectivity index (χ3n) is 5.59. The van der Waals surface area contributed by atoms with Gasteiger partial charge in [-0.15, -0.1) is 5.10 Å². The van der Waals surface area contributed by atoms with Crippen LogP contribution in [0.2, 0.25) is 0 Å². The lowest BCUT2D eigenvalue weighted by Gasteiger charge is -2.27. The van der Waals surface area contributed by atoms with Crippen molar-refractivity contribution in [1.29, 1.82) is 0 Å². The van der Waals surface area contributed by atoms with Gasteiger partial charge < -0.3 is 14.6 Å². The highest BCUT2D eigenvalue weighted by atomic mass is 16.5. The Labute approximate surface area is 185 Å². The van der Waals surface area contributed by atoms with Crippen molar-refractivity contribution >= 4 is 5.97 Å². The van der Waals surface area contributed by atoms with Crippen LogP contribution < -0.4 is 9.47 Å². The first-order valence-electron chi connectivity index (χ1n) is 10.7. The van der Waals surface area contributed by atoms with Crippen LogP contribution in [-0.4, -0.2) is 47.1 Å². The maximum absolute atomic E-state index is 11.3. The van der Waals surface area contributed by atoms with Crippen molar-refractivity contribution in [3.63, 3.8) is 0 Å². The first-order chi connectivity index (χ1) is 15.5. The molecule has 1 aliphatic carbocycles. The van der Waals surface area contributed by atoms with Gasteiger partial charge in [0.25, 0.3) is 0 Å². The van der Waals surface area contributed by atoms with Gasteiger partial charge in [0.15, 0.2) is 0 Å². The number of carbonyl (C=O) groups is 1. The summed E-state index contributed by atoms with van der Waals surface area (Å²) in [6.45, 7) is 2.22. The first-order valence-corrected chi connectivity index (χ1v) is 10.7. The SMILES string of the molecule is CCc1ccnc(OCc2c(-c3ccc(O[C@H]4CCC[C@H](C(=O)O)C4)cn3)nnn2C)n1. The number of pyridine rings is 1. The number of ether oxygens (including phenoxy) is 2. The predicted molar refractivity (Wildman–Crippen MR) is 114 cm³/mol. The molecule has 0 saturated heterocycles. The fourth-order valence-electron chi connectivity index (χ4n) is 3.77. The summed E-state index contributed by atoms with van der Waals surface area (Å²) in [7, 11) is 1.79. The van der Waals surface area contributed by atoms with Crippen LogP contribution >= 0.6 is 0 Å². The number of aliphatic carboxylic acids is 1. The lowest BCUT2D eigenvalue weighted by molar-refractivity contribution is -0.143. The molecule has 10 heteroatoms. The molecule has 4 rings (SSSR count). The molecule has 3 heterocycles. The minimum absolute atomic E-state index is 0.114. The molecule has 3 aromatic rings. The highest BCUT2D eigenvalue weighted by molar-refractivity contribution is 5.70. The van der Waals surface area contributed by atoms with Gasteiger partial charge in [-0.2, -0.15) is 0 Å². The number of carboxylic acids is 1. The number of hydrogen-bond acceptors (Lipinski definition) is 8. The van der Waals surface area contributed by atoms with Crippen LogP contribution in [0.25, 0.3) is 11.4 Å². The summed E-state index contributed by atoms with van der Waals surface area (Å²) >= 11 is 0. The van der Waals surface area contributed by atoms with E-state index in [1.54, 1.807) is 24.1 Å². The fourth-order valence-corrected chi connectivity index (χ4v) is 3.77. The molecule has 0 radical (unpaired) electrons. The number of hydrogen-bond donors (Lipinski definition) is 1. The Morgan fingerprint density at radius 2 is 2.12 bits per heavy atom. The molecule has 0 aliphatic heterocycles. The van der Waals surface area contributed by atoms with E-state index in [0.717, 1.165) is 30.7 Å². The van der Waals surface area contributed by atoms with E-state index in [1.807, 2.05) is 25.1 Å². The predicted octanol–water partition coefficient (Wildman–Crippen LogP) is 2.83. The van der Waals surface area contributed by atoms with Crippen LogP contribution in [0.5, 0.6) is 11.8 Å². The number of aryl methyl sites for hydroxylation is 2. The molecule has 1 saturated carbocycles. The van der Waals surface area contributed by atoms with Crippen molar-refractivity contribution in [3.05, 3.63) is 42.0 Å². The topological polar surface area (TPSA) is 125 Å². The average Bonchev–Trinajstić information content (AvgIpc) is 3.18. The largest absolute Gasteiger partial charge is 0.489 e. The summed E-state index contributed by atoms with van der Waals surface area (Å²) in [5.74, 6) is -0.489. The summed E-state index contributed by atoms with van der Waals surface area (Å²) in [5, 5.41) is 17.6. The molecule has 0 amide bonds. The molecule has 0 bridgehead atoms. The van der Waals surface area contributed by atoms with Crippen LogP contribution in [0.1, 0.15) is 44.0 Å². The van der Waals surface area contributed by atoms with E-state index in [-0.39, 0.29) is 18.6 Å². The first kappa shape index (κ1) is 21.7. The van der Waals surface area contributed by atoms with Crippen molar-refractivity contribution < 1.29 is 19.4 Å². The van der Waals surface area contributed by atoms with Crippen LogP contribution in [-0.2, 0) is 24.9 Å². The molecular formula is C22H26N6O4. The van der Waals surface area contributed by atoms with Crippen molar-refractivity contribution in [2.24, 2.45) is 13.0 Å². The van der Waals surface area contributed by atoms with Gasteiger partial charge in [0.1, 0.15) is 23.7 Å². The highest BCUT2D eigenvalue weighted by Crippen LogP contribution is 2.29. The maximum atomic E-state index is 11.3. The van der Waals surface area contributed by atoms with Gasteiger partial charge in [-0.25, -0.2) is 14.6 Å². The van der Waals surface area contributed by atoms with Crippen molar-refractivity contribution in [2.45, 2.75) is 51.7 Å². The van der Waals surface area contributed by atoms with E-state index in [4.69, 9.17) is 9.47 Å². The summed E-state index contributed by atoms with van der Waals surface area (Å²) in [6.07, 6.45) is 6.91. The van der Waals surface area contributed by atoms with E-state index in [0.29, 0.717) is 36.0 Å². The number of aromatic nitrogens is 6. The van der Waals surface area contributed by atoms with E-state index < -0.39 is 5.97 Å². The summed E-state index contributed by atoms with van der Waals surface area (Å²) < 4.78 is 13.4. The van der Waals surface area contributed by atoms with Gasteiger partial charge in [0.2, 0.25) is 0 Å². The molecule has 0 spiro atoms. The lowest BCUT2D eigenvalue weighted by atomic mass is 9.87. The van der Waals surface area contributed by atoms with Gasteiger partial charge in [0, 0.05) is 18.9 Å². The minimum Gasteiger partial charge on any atom is -0.489 e. The molecule has 0 unspecified atom stereocenters. The zero-order valence-corrected chi connectivity index (χ0v) is 18.1. The van der Waals surface area contributed by atoms with E-state index in [9.17, 15) is 9.90 Å². The molecular weight excluding hydrogens is 412 g/mol. The molecule has 0 aromatic carbocycles. The standard InChI is InChI=1S/C22H26N6O4/c1-3-15-9-10-23-22(25-15)31-13-19-20(26-27-28(19)2)18-8-7-17(12-24-18)32-16-6-4-5-14(11-16)21(29)30/h7-10,12,14,16H,3-6,11,13H2,1-2H3,(H,29,30)/t14-,16-/m0/s1. The average molecular weight is 438 g/mol. The second-order valence-corrected chi connectivity index (χ2v) is 7.80. The van der Waals surface area contributed by atoms with Crippen LogP contribution in [0.3, 0.4) is 0 Å². The van der Waals surface area contributed by atoms with Crippen LogP contribution in [0.4, 0.5) is 0 Å². The van der Waals surface area contributed by atoms with Gasteiger partial charge >= 0.3 is 12.0 Å². The minimum atomic E-state index is -0.754. The summed E-state index contributed by atoms with van der Waals surface area (Å²) in [4.78, 5) is 24.2. The Kier molecular flexibility index (Phi) is 6.58. The van der Waals surface area contributed by atoms with E-state index in [1.165, 1.54) is 0 Å². The third-order valence-corrected chi connectivity index (χ3v) is 5.59. The molecule has 3 aromatic heterocycles. The van der Waals surface area contributed by atoms with Gasteiger partial charge in [-0.1, -0.05) is 12.1 Å². The second-order valence-electron chi connectivity index (χ2n) is 7.80. The Morgan fingerprint density at radius 3 is 2.88 bits per heavy atom. The smallest absolute Gasteiger partial charge is 0.316 e. The Balaban J connectivity index is 1.43. The maximum Gasteiger partial charge on any atom is 0.316 e.